The summed E-state index contributed by atoms with van der Waals surface area (Å²) in [6, 6.07) is 19.7. The van der Waals surface area contributed by atoms with Crippen molar-refractivity contribution in [3.63, 3.8) is 0 Å². The number of allylic oxidation sites excluding steroid dienone is 2. The lowest BCUT2D eigenvalue weighted by Crippen LogP contribution is -2.48. The largest absolute Gasteiger partial charge is 0.354 e. The van der Waals surface area contributed by atoms with Gasteiger partial charge in [-0.25, -0.2) is 0 Å². The van der Waals surface area contributed by atoms with Gasteiger partial charge in [-0.3, -0.25) is 19.3 Å². The highest BCUT2D eigenvalue weighted by molar-refractivity contribution is 6.08. The zero-order valence-electron chi connectivity index (χ0n) is 17.7. The van der Waals surface area contributed by atoms with Crippen molar-refractivity contribution < 1.29 is 14.4 Å². The second kappa shape index (κ2) is 9.29. The van der Waals surface area contributed by atoms with Crippen LogP contribution in [0.4, 0.5) is 0 Å². The van der Waals surface area contributed by atoms with E-state index >= 15 is 0 Å². The third-order valence-corrected chi connectivity index (χ3v) is 6.44. The van der Waals surface area contributed by atoms with E-state index in [0.717, 1.165) is 6.42 Å². The number of rotatable bonds is 7. The minimum absolute atomic E-state index is 0.155. The highest BCUT2D eigenvalue weighted by Crippen LogP contribution is 2.36. The molecule has 5 nitrogen and oxygen atoms in total. The van der Waals surface area contributed by atoms with E-state index in [9.17, 15) is 14.4 Å². The van der Waals surface area contributed by atoms with Crippen LogP contribution < -0.4 is 5.32 Å². The number of amides is 3. The van der Waals surface area contributed by atoms with Gasteiger partial charge in [-0.1, -0.05) is 72.8 Å². The molecule has 3 amide bonds. The van der Waals surface area contributed by atoms with E-state index in [1.54, 1.807) is 6.92 Å². The number of carbonyl (C=O) groups is 3. The number of imide groups is 1. The van der Waals surface area contributed by atoms with Crippen LogP contribution in [0.5, 0.6) is 0 Å². The van der Waals surface area contributed by atoms with Gasteiger partial charge in [0.25, 0.3) is 0 Å². The highest BCUT2D eigenvalue weighted by Gasteiger charge is 2.50. The zero-order chi connectivity index (χ0) is 21.8. The van der Waals surface area contributed by atoms with E-state index in [0.29, 0.717) is 19.4 Å². The lowest BCUT2D eigenvalue weighted by atomic mass is 9.85. The van der Waals surface area contributed by atoms with Crippen LogP contribution >= 0.6 is 0 Å². The first-order valence-corrected chi connectivity index (χ1v) is 11.0. The van der Waals surface area contributed by atoms with E-state index in [2.05, 4.69) is 29.6 Å². The van der Waals surface area contributed by atoms with Crippen molar-refractivity contribution >= 4 is 17.7 Å². The van der Waals surface area contributed by atoms with Crippen LogP contribution in [-0.4, -0.2) is 35.2 Å². The summed E-state index contributed by atoms with van der Waals surface area (Å²) >= 11 is 0. The summed E-state index contributed by atoms with van der Waals surface area (Å²) < 4.78 is 0. The van der Waals surface area contributed by atoms with Crippen LogP contribution in [0.25, 0.3) is 0 Å². The Kier molecular flexibility index (Phi) is 6.31. The van der Waals surface area contributed by atoms with Crippen molar-refractivity contribution in [1.29, 1.82) is 0 Å². The molecule has 5 heteroatoms. The molecule has 0 saturated carbocycles. The molecule has 2 aromatic carbocycles. The number of likely N-dealkylation sites (tertiary alicyclic amines) is 1. The molecule has 31 heavy (non-hydrogen) atoms. The highest BCUT2D eigenvalue weighted by atomic mass is 16.2. The molecule has 2 aromatic rings. The van der Waals surface area contributed by atoms with Gasteiger partial charge in [0.05, 0.1) is 11.8 Å². The quantitative estimate of drug-likeness (QED) is 0.553. The van der Waals surface area contributed by atoms with Crippen molar-refractivity contribution in [1.82, 2.24) is 10.2 Å². The van der Waals surface area contributed by atoms with E-state index in [4.69, 9.17) is 0 Å². The summed E-state index contributed by atoms with van der Waals surface area (Å²) in [6.07, 6.45) is 5.79. The molecule has 2 aliphatic rings. The van der Waals surface area contributed by atoms with Crippen molar-refractivity contribution in [2.75, 3.05) is 6.54 Å². The van der Waals surface area contributed by atoms with Gasteiger partial charge >= 0.3 is 0 Å². The zero-order valence-corrected chi connectivity index (χ0v) is 17.7. The Morgan fingerprint density at radius 1 is 0.903 bits per heavy atom. The fourth-order valence-electron chi connectivity index (χ4n) is 4.71. The SMILES string of the molecule is C[C@@H](C(=O)NCCC(c1ccccc1)c1ccccc1)N1C(=O)C2CC=CCC2C1=O. The molecule has 0 aromatic heterocycles. The maximum absolute atomic E-state index is 12.8. The molecule has 4 rings (SSSR count). The Hall–Kier alpha value is -3.21. The Balaban J connectivity index is 1.39. The van der Waals surface area contributed by atoms with Crippen LogP contribution in [0.3, 0.4) is 0 Å². The predicted molar refractivity (Wildman–Crippen MR) is 119 cm³/mol. The molecular weight excluding hydrogens is 388 g/mol. The first-order valence-electron chi connectivity index (χ1n) is 11.0. The van der Waals surface area contributed by atoms with Crippen LogP contribution in [0, 0.1) is 11.8 Å². The maximum atomic E-state index is 12.8. The normalized spacial score (nSPS) is 21.3. The molecule has 1 saturated heterocycles. The summed E-state index contributed by atoms with van der Waals surface area (Å²) in [4.78, 5) is 39.5. The van der Waals surface area contributed by atoms with Crippen LogP contribution in [-0.2, 0) is 14.4 Å². The minimum Gasteiger partial charge on any atom is -0.354 e. The number of carbonyl (C=O) groups excluding carboxylic acids is 3. The van der Waals surface area contributed by atoms with Gasteiger partial charge < -0.3 is 5.32 Å². The van der Waals surface area contributed by atoms with Gasteiger partial charge in [0.2, 0.25) is 17.7 Å². The van der Waals surface area contributed by atoms with E-state index in [-0.39, 0.29) is 35.5 Å². The molecule has 0 spiro atoms. The van der Waals surface area contributed by atoms with Gasteiger partial charge in [-0.05, 0) is 37.3 Å². The molecule has 1 aliphatic heterocycles. The van der Waals surface area contributed by atoms with E-state index < -0.39 is 6.04 Å². The average molecular weight is 417 g/mol. The summed E-state index contributed by atoms with van der Waals surface area (Å²) in [7, 11) is 0. The third-order valence-electron chi connectivity index (χ3n) is 6.44. The minimum atomic E-state index is -0.794. The van der Waals surface area contributed by atoms with Crippen LogP contribution in [0.1, 0.15) is 43.2 Å². The smallest absolute Gasteiger partial charge is 0.243 e. The molecule has 1 fully saturated rings. The molecule has 1 heterocycles. The number of hydrogen-bond acceptors (Lipinski definition) is 3. The number of fused-ring (bicyclic) bond motifs is 1. The van der Waals surface area contributed by atoms with E-state index in [1.807, 2.05) is 48.6 Å². The average Bonchev–Trinajstić information content (AvgIpc) is 3.07. The van der Waals surface area contributed by atoms with Gasteiger partial charge in [0.1, 0.15) is 6.04 Å². The Morgan fingerprint density at radius 3 is 1.87 bits per heavy atom. The fourth-order valence-corrected chi connectivity index (χ4v) is 4.71. The Labute approximate surface area is 183 Å². The van der Waals surface area contributed by atoms with Crippen molar-refractivity contribution in [2.24, 2.45) is 11.8 Å². The van der Waals surface area contributed by atoms with Gasteiger partial charge in [-0.15, -0.1) is 0 Å². The summed E-state index contributed by atoms with van der Waals surface area (Å²) in [5.74, 6) is -1.18. The Bertz CT molecular complexity index is 905. The predicted octanol–water partition coefficient (Wildman–Crippen LogP) is 3.66. The maximum Gasteiger partial charge on any atom is 0.243 e. The number of benzene rings is 2. The monoisotopic (exact) mass is 416 g/mol. The van der Waals surface area contributed by atoms with Crippen molar-refractivity contribution in [3.05, 3.63) is 83.9 Å². The van der Waals surface area contributed by atoms with Gasteiger partial charge in [0.15, 0.2) is 0 Å². The molecule has 160 valence electrons. The van der Waals surface area contributed by atoms with Crippen LogP contribution in [0.2, 0.25) is 0 Å². The third kappa shape index (κ3) is 4.31. The standard InChI is InChI=1S/C26H28N2O3/c1-18(28-25(30)22-14-8-9-15-23(22)26(28)31)24(29)27-17-16-21(19-10-4-2-5-11-19)20-12-6-3-7-13-20/h2-13,18,21-23H,14-17H2,1H3,(H,27,29)/t18-,22?,23?/m0/s1. The number of hydrogen-bond donors (Lipinski definition) is 1. The first-order chi connectivity index (χ1) is 15.1. The second-order valence-corrected chi connectivity index (χ2v) is 8.33. The van der Waals surface area contributed by atoms with Crippen LogP contribution in [0.15, 0.2) is 72.8 Å². The molecule has 0 radical (unpaired) electrons. The van der Waals surface area contributed by atoms with Crippen molar-refractivity contribution in [3.8, 4) is 0 Å². The molecular formula is C26H28N2O3. The van der Waals surface area contributed by atoms with E-state index in [1.165, 1.54) is 16.0 Å². The summed E-state index contributed by atoms with van der Waals surface area (Å²) in [6.45, 7) is 2.10. The van der Waals surface area contributed by atoms with Gasteiger partial charge in [0, 0.05) is 12.5 Å². The molecule has 1 N–H and O–H groups in total. The fraction of sp³-hybridized carbons (Fsp3) is 0.346. The van der Waals surface area contributed by atoms with Gasteiger partial charge in [-0.2, -0.15) is 0 Å². The molecule has 3 atom stereocenters. The molecule has 1 aliphatic carbocycles. The summed E-state index contributed by atoms with van der Waals surface area (Å²) in [5.41, 5.74) is 2.38. The lowest BCUT2D eigenvalue weighted by molar-refractivity contribution is -0.147. The Morgan fingerprint density at radius 2 is 1.39 bits per heavy atom. The molecule has 0 bridgehead atoms. The number of nitrogens with zero attached hydrogens (tertiary/aromatic N) is 1. The van der Waals surface area contributed by atoms with Crippen molar-refractivity contribution in [2.45, 2.75) is 38.1 Å². The number of nitrogens with one attached hydrogen (secondary N) is 1. The topological polar surface area (TPSA) is 66.5 Å². The lowest BCUT2D eigenvalue weighted by Gasteiger charge is -2.23. The second-order valence-electron chi connectivity index (χ2n) is 8.33. The summed E-state index contributed by atoms with van der Waals surface area (Å²) in [5, 5.41) is 2.95. The first kappa shape index (κ1) is 21.0. The molecule has 2 unspecified atom stereocenters.